The van der Waals surface area contributed by atoms with E-state index in [4.69, 9.17) is 4.42 Å². The van der Waals surface area contributed by atoms with Crippen LogP contribution < -0.4 is 0 Å². The lowest BCUT2D eigenvalue weighted by molar-refractivity contribution is 0.669. The Kier molecular flexibility index (Phi) is 4.40. The first-order valence-electron chi connectivity index (χ1n) is 10.9. The van der Waals surface area contributed by atoms with Crippen LogP contribution in [0.5, 0.6) is 0 Å². The van der Waals surface area contributed by atoms with Crippen molar-refractivity contribution in [1.82, 2.24) is 0 Å². The highest BCUT2D eigenvalue weighted by Crippen LogP contribution is 2.33. The van der Waals surface area contributed by atoms with Gasteiger partial charge in [0.25, 0.3) is 0 Å². The van der Waals surface area contributed by atoms with E-state index in [1.54, 1.807) is 0 Å². The summed E-state index contributed by atoms with van der Waals surface area (Å²) in [7, 11) is 0. The lowest BCUT2D eigenvalue weighted by Gasteiger charge is -2.07. The zero-order valence-corrected chi connectivity index (χ0v) is 17.9. The number of benzene rings is 5. The number of para-hydroxylation sites is 1. The highest BCUT2D eigenvalue weighted by molar-refractivity contribution is 6.06. The van der Waals surface area contributed by atoms with Gasteiger partial charge in [0.2, 0.25) is 0 Å². The van der Waals surface area contributed by atoms with E-state index in [0.29, 0.717) is 0 Å². The van der Waals surface area contributed by atoms with Crippen LogP contribution in [0.1, 0.15) is 5.56 Å². The van der Waals surface area contributed by atoms with Crippen LogP contribution >= 0.6 is 0 Å². The van der Waals surface area contributed by atoms with Gasteiger partial charge in [0.1, 0.15) is 11.2 Å². The standard InChI is InChI=1S/C31H22O/c1-21-6-8-22(9-7-21)23-10-12-24(13-11-23)25-14-16-26(17-15-25)27-18-19-31-29(20-27)28-4-2-3-5-30(28)32-31/h2-20H,1H3. The molecule has 1 heterocycles. The summed E-state index contributed by atoms with van der Waals surface area (Å²) in [5.41, 5.74) is 10.5. The molecule has 0 bridgehead atoms. The summed E-state index contributed by atoms with van der Waals surface area (Å²) in [5.74, 6) is 0. The van der Waals surface area contributed by atoms with Crippen molar-refractivity contribution in [3.8, 4) is 33.4 Å². The van der Waals surface area contributed by atoms with Crippen LogP contribution in [0.25, 0.3) is 55.3 Å². The normalized spacial score (nSPS) is 11.3. The van der Waals surface area contributed by atoms with Gasteiger partial charge < -0.3 is 4.42 Å². The summed E-state index contributed by atoms with van der Waals surface area (Å²) in [6.07, 6.45) is 0. The first-order chi connectivity index (χ1) is 15.7. The molecule has 0 spiro atoms. The fraction of sp³-hybridized carbons (Fsp3) is 0.0323. The van der Waals surface area contributed by atoms with Gasteiger partial charge in [-0.2, -0.15) is 0 Å². The molecular formula is C31H22O. The molecule has 6 aromatic rings. The molecule has 0 saturated carbocycles. The van der Waals surface area contributed by atoms with Gasteiger partial charge >= 0.3 is 0 Å². The predicted molar refractivity (Wildman–Crippen MR) is 135 cm³/mol. The van der Waals surface area contributed by atoms with Gasteiger partial charge in [-0.1, -0.05) is 103 Å². The quantitative estimate of drug-likeness (QED) is 0.284. The van der Waals surface area contributed by atoms with Crippen LogP contribution in [0.2, 0.25) is 0 Å². The Labute approximate surface area is 187 Å². The topological polar surface area (TPSA) is 13.1 Å². The van der Waals surface area contributed by atoms with Crippen LogP contribution in [0.3, 0.4) is 0 Å². The zero-order valence-electron chi connectivity index (χ0n) is 17.9. The Balaban J connectivity index is 1.30. The van der Waals surface area contributed by atoms with E-state index in [2.05, 4.69) is 110 Å². The third-order valence-electron chi connectivity index (χ3n) is 6.20. The number of aryl methyl sites for hydroxylation is 1. The van der Waals surface area contributed by atoms with Crippen molar-refractivity contribution in [3.05, 3.63) is 121 Å². The summed E-state index contributed by atoms with van der Waals surface area (Å²) in [5, 5.41) is 2.32. The second-order valence-corrected chi connectivity index (χ2v) is 8.33. The Bertz CT molecular complexity index is 1530. The molecule has 0 N–H and O–H groups in total. The van der Waals surface area contributed by atoms with Gasteiger partial charge in [-0.15, -0.1) is 0 Å². The van der Waals surface area contributed by atoms with E-state index in [1.807, 2.05) is 12.1 Å². The van der Waals surface area contributed by atoms with Crippen LogP contribution in [0, 0.1) is 6.92 Å². The SMILES string of the molecule is Cc1ccc(-c2ccc(-c3ccc(-c4ccc5oc6ccccc6c5c4)cc3)cc2)cc1. The van der Waals surface area contributed by atoms with E-state index in [0.717, 1.165) is 21.9 Å². The van der Waals surface area contributed by atoms with E-state index in [-0.39, 0.29) is 0 Å². The van der Waals surface area contributed by atoms with Crippen molar-refractivity contribution in [3.63, 3.8) is 0 Å². The van der Waals surface area contributed by atoms with Crippen LogP contribution in [-0.2, 0) is 0 Å². The summed E-state index contributed by atoms with van der Waals surface area (Å²) in [4.78, 5) is 0. The van der Waals surface area contributed by atoms with Crippen LogP contribution in [0.15, 0.2) is 120 Å². The van der Waals surface area contributed by atoms with Crippen LogP contribution in [-0.4, -0.2) is 0 Å². The fourth-order valence-electron chi connectivity index (χ4n) is 4.36. The average molecular weight is 411 g/mol. The first kappa shape index (κ1) is 18.7. The molecular weight excluding hydrogens is 388 g/mol. The molecule has 0 aliphatic carbocycles. The second kappa shape index (κ2) is 7.55. The smallest absolute Gasteiger partial charge is 0.135 e. The molecule has 0 aliphatic heterocycles. The summed E-state index contributed by atoms with van der Waals surface area (Å²) in [6.45, 7) is 2.12. The minimum absolute atomic E-state index is 0.931. The van der Waals surface area contributed by atoms with Crippen LogP contribution in [0.4, 0.5) is 0 Å². The maximum atomic E-state index is 5.97. The third kappa shape index (κ3) is 3.29. The third-order valence-corrected chi connectivity index (χ3v) is 6.20. The zero-order chi connectivity index (χ0) is 21.5. The van der Waals surface area contributed by atoms with Crippen molar-refractivity contribution in [2.45, 2.75) is 6.92 Å². The van der Waals surface area contributed by atoms with E-state index in [1.165, 1.54) is 38.9 Å². The molecule has 152 valence electrons. The van der Waals surface area contributed by atoms with Crippen molar-refractivity contribution in [1.29, 1.82) is 0 Å². The summed E-state index contributed by atoms with van der Waals surface area (Å²) in [6, 6.07) is 40.9. The van der Waals surface area contributed by atoms with E-state index in [9.17, 15) is 0 Å². The van der Waals surface area contributed by atoms with Gasteiger partial charge in [-0.25, -0.2) is 0 Å². The molecule has 32 heavy (non-hydrogen) atoms. The lowest BCUT2D eigenvalue weighted by atomic mass is 9.97. The molecule has 1 heteroatoms. The number of fused-ring (bicyclic) bond motifs is 3. The van der Waals surface area contributed by atoms with Gasteiger partial charge in [0.15, 0.2) is 0 Å². The van der Waals surface area contributed by atoms with Crippen molar-refractivity contribution < 1.29 is 4.42 Å². The molecule has 0 atom stereocenters. The molecule has 0 radical (unpaired) electrons. The van der Waals surface area contributed by atoms with Gasteiger partial charge in [-0.05, 0) is 58.5 Å². The highest BCUT2D eigenvalue weighted by Gasteiger charge is 2.08. The number of hydrogen-bond donors (Lipinski definition) is 0. The molecule has 1 nitrogen and oxygen atoms in total. The molecule has 0 fully saturated rings. The van der Waals surface area contributed by atoms with Gasteiger partial charge in [0.05, 0.1) is 0 Å². The van der Waals surface area contributed by atoms with Gasteiger partial charge in [-0.3, -0.25) is 0 Å². The van der Waals surface area contributed by atoms with Crippen molar-refractivity contribution in [2.75, 3.05) is 0 Å². The van der Waals surface area contributed by atoms with Crippen molar-refractivity contribution in [2.24, 2.45) is 0 Å². The minimum atomic E-state index is 0.931. The Hall–Kier alpha value is -4.10. The molecule has 6 rings (SSSR count). The first-order valence-corrected chi connectivity index (χ1v) is 10.9. The summed E-state index contributed by atoms with van der Waals surface area (Å²) < 4.78 is 5.97. The Morgan fingerprint density at radius 1 is 0.406 bits per heavy atom. The number of hydrogen-bond acceptors (Lipinski definition) is 1. The van der Waals surface area contributed by atoms with Gasteiger partial charge in [0, 0.05) is 10.8 Å². The monoisotopic (exact) mass is 410 g/mol. The molecule has 0 unspecified atom stereocenters. The number of rotatable bonds is 3. The maximum absolute atomic E-state index is 5.97. The lowest BCUT2D eigenvalue weighted by Crippen LogP contribution is -1.82. The Morgan fingerprint density at radius 2 is 0.844 bits per heavy atom. The van der Waals surface area contributed by atoms with Crippen molar-refractivity contribution >= 4 is 21.9 Å². The maximum Gasteiger partial charge on any atom is 0.135 e. The largest absolute Gasteiger partial charge is 0.456 e. The molecule has 0 aliphatic rings. The van der Waals surface area contributed by atoms with E-state index >= 15 is 0 Å². The molecule has 0 amide bonds. The minimum Gasteiger partial charge on any atom is -0.456 e. The molecule has 5 aromatic carbocycles. The molecule has 1 aromatic heterocycles. The summed E-state index contributed by atoms with van der Waals surface area (Å²) >= 11 is 0. The highest BCUT2D eigenvalue weighted by atomic mass is 16.3. The Morgan fingerprint density at radius 3 is 1.44 bits per heavy atom. The predicted octanol–water partition coefficient (Wildman–Crippen LogP) is 8.90. The average Bonchev–Trinajstić information content (AvgIpc) is 3.23. The molecule has 0 saturated heterocycles. The number of furan rings is 1. The fourth-order valence-corrected chi connectivity index (χ4v) is 4.36. The van der Waals surface area contributed by atoms with E-state index < -0.39 is 0 Å². The second-order valence-electron chi connectivity index (χ2n) is 8.33.